The van der Waals surface area contributed by atoms with Gasteiger partial charge in [-0.05, 0) is 39.5 Å². The summed E-state index contributed by atoms with van der Waals surface area (Å²) in [5.74, 6) is 0.793. The van der Waals surface area contributed by atoms with Crippen LogP contribution in [0.1, 0.15) is 50.6 Å². The van der Waals surface area contributed by atoms with Crippen LogP contribution in [0.4, 0.5) is 0 Å². The van der Waals surface area contributed by atoms with Crippen LogP contribution in [0.25, 0.3) is 0 Å². The van der Waals surface area contributed by atoms with E-state index < -0.39 is 0 Å². The van der Waals surface area contributed by atoms with E-state index in [0.29, 0.717) is 6.04 Å². The summed E-state index contributed by atoms with van der Waals surface area (Å²) in [7, 11) is 2.01. The predicted octanol–water partition coefficient (Wildman–Crippen LogP) is 2.95. The van der Waals surface area contributed by atoms with E-state index in [9.17, 15) is 0 Å². The van der Waals surface area contributed by atoms with Gasteiger partial charge in [-0.25, -0.2) is 0 Å². The number of hydrogen-bond acceptors (Lipinski definition) is 2. The van der Waals surface area contributed by atoms with Crippen molar-refractivity contribution in [3.05, 3.63) is 17.0 Å². The second-order valence-electron chi connectivity index (χ2n) is 5.53. The summed E-state index contributed by atoms with van der Waals surface area (Å²) in [6.45, 7) is 12.0. The highest BCUT2D eigenvalue weighted by atomic mass is 15.3. The lowest BCUT2D eigenvalue weighted by Gasteiger charge is -2.15. The maximum atomic E-state index is 4.44. The van der Waals surface area contributed by atoms with E-state index in [1.165, 1.54) is 24.1 Å². The Morgan fingerprint density at radius 3 is 2.29 bits per heavy atom. The van der Waals surface area contributed by atoms with Gasteiger partial charge in [0.1, 0.15) is 0 Å². The van der Waals surface area contributed by atoms with E-state index in [-0.39, 0.29) is 0 Å². The SMILES string of the molecule is Cc1nn(C)c(C)c1CNC(C)CCC(C)C. The van der Waals surface area contributed by atoms with Crippen molar-refractivity contribution in [1.29, 1.82) is 0 Å². The highest BCUT2D eigenvalue weighted by molar-refractivity contribution is 5.24. The molecule has 0 aliphatic rings. The molecule has 1 aromatic rings. The molecular weight excluding hydrogens is 210 g/mol. The van der Waals surface area contributed by atoms with Crippen LogP contribution in [0.2, 0.25) is 0 Å². The molecule has 0 saturated carbocycles. The molecule has 1 aromatic heterocycles. The van der Waals surface area contributed by atoms with Crippen LogP contribution in [0.15, 0.2) is 0 Å². The van der Waals surface area contributed by atoms with Gasteiger partial charge in [0.2, 0.25) is 0 Å². The summed E-state index contributed by atoms with van der Waals surface area (Å²) in [5.41, 5.74) is 3.77. The first-order valence-corrected chi connectivity index (χ1v) is 6.64. The monoisotopic (exact) mass is 237 g/mol. The van der Waals surface area contributed by atoms with E-state index in [4.69, 9.17) is 0 Å². The van der Waals surface area contributed by atoms with E-state index in [2.05, 4.69) is 45.0 Å². The summed E-state index contributed by atoms with van der Waals surface area (Å²) < 4.78 is 1.96. The minimum atomic E-state index is 0.580. The van der Waals surface area contributed by atoms with Gasteiger partial charge in [-0.1, -0.05) is 13.8 Å². The Kier molecular flexibility index (Phi) is 5.19. The summed E-state index contributed by atoms with van der Waals surface area (Å²) in [6, 6.07) is 0.580. The maximum absolute atomic E-state index is 4.44. The minimum Gasteiger partial charge on any atom is -0.310 e. The molecule has 1 heterocycles. The maximum Gasteiger partial charge on any atom is 0.0641 e. The van der Waals surface area contributed by atoms with Crippen molar-refractivity contribution in [3.8, 4) is 0 Å². The van der Waals surface area contributed by atoms with Gasteiger partial charge in [0.25, 0.3) is 0 Å². The number of hydrogen-bond donors (Lipinski definition) is 1. The van der Waals surface area contributed by atoms with Crippen LogP contribution in [0.5, 0.6) is 0 Å². The number of nitrogens with zero attached hydrogens (tertiary/aromatic N) is 2. The standard InChI is InChI=1S/C14H27N3/c1-10(2)7-8-11(3)15-9-14-12(4)16-17(6)13(14)5/h10-11,15H,7-9H2,1-6H3. The fourth-order valence-electron chi connectivity index (χ4n) is 2.03. The molecule has 17 heavy (non-hydrogen) atoms. The minimum absolute atomic E-state index is 0.580. The number of rotatable bonds is 6. The summed E-state index contributed by atoms with van der Waals surface area (Å²) >= 11 is 0. The van der Waals surface area contributed by atoms with Crippen LogP contribution in [0.3, 0.4) is 0 Å². The molecule has 0 saturated heterocycles. The van der Waals surface area contributed by atoms with Crippen molar-refractivity contribution in [2.45, 2.75) is 60.0 Å². The third-order valence-electron chi connectivity index (χ3n) is 3.46. The zero-order valence-corrected chi connectivity index (χ0v) is 12.2. The average molecular weight is 237 g/mol. The Morgan fingerprint density at radius 1 is 1.18 bits per heavy atom. The molecule has 0 aliphatic carbocycles. The molecule has 0 aromatic carbocycles. The van der Waals surface area contributed by atoms with E-state index >= 15 is 0 Å². The molecule has 0 fully saturated rings. The third-order valence-corrected chi connectivity index (χ3v) is 3.46. The molecule has 1 unspecified atom stereocenters. The number of nitrogens with one attached hydrogen (secondary N) is 1. The zero-order chi connectivity index (χ0) is 13.0. The molecular formula is C14H27N3. The van der Waals surface area contributed by atoms with Gasteiger partial charge in [0.05, 0.1) is 5.69 Å². The Morgan fingerprint density at radius 2 is 1.82 bits per heavy atom. The molecule has 1 atom stereocenters. The van der Waals surface area contributed by atoms with Crippen molar-refractivity contribution in [1.82, 2.24) is 15.1 Å². The fourth-order valence-corrected chi connectivity index (χ4v) is 2.03. The smallest absolute Gasteiger partial charge is 0.0641 e. The molecule has 0 spiro atoms. The van der Waals surface area contributed by atoms with Gasteiger partial charge in [-0.15, -0.1) is 0 Å². The predicted molar refractivity (Wildman–Crippen MR) is 73.1 cm³/mol. The van der Waals surface area contributed by atoms with Gasteiger partial charge >= 0.3 is 0 Å². The first-order chi connectivity index (χ1) is 7.91. The van der Waals surface area contributed by atoms with Crippen molar-refractivity contribution in [3.63, 3.8) is 0 Å². The summed E-state index contributed by atoms with van der Waals surface area (Å²) in [4.78, 5) is 0. The van der Waals surface area contributed by atoms with E-state index in [1.54, 1.807) is 0 Å². The van der Waals surface area contributed by atoms with Gasteiger partial charge < -0.3 is 5.32 Å². The number of aryl methyl sites for hydroxylation is 2. The molecule has 0 amide bonds. The lowest BCUT2D eigenvalue weighted by atomic mass is 10.0. The van der Waals surface area contributed by atoms with Gasteiger partial charge in [-0.2, -0.15) is 5.10 Å². The highest BCUT2D eigenvalue weighted by Gasteiger charge is 2.10. The Bertz CT molecular complexity index is 353. The lowest BCUT2D eigenvalue weighted by Crippen LogP contribution is -2.26. The third kappa shape index (κ3) is 4.15. The van der Waals surface area contributed by atoms with Crippen LogP contribution in [-0.4, -0.2) is 15.8 Å². The first-order valence-electron chi connectivity index (χ1n) is 6.64. The first kappa shape index (κ1) is 14.2. The summed E-state index contributed by atoms with van der Waals surface area (Å²) in [6.07, 6.45) is 2.54. The largest absolute Gasteiger partial charge is 0.310 e. The molecule has 0 bridgehead atoms. The molecule has 0 aliphatic heterocycles. The normalized spacial score (nSPS) is 13.4. The van der Waals surface area contributed by atoms with Crippen LogP contribution in [0, 0.1) is 19.8 Å². The van der Waals surface area contributed by atoms with E-state index in [0.717, 1.165) is 18.2 Å². The molecule has 98 valence electrons. The topological polar surface area (TPSA) is 29.9 Å². The molecule has 1 N–H and O–H groups in total. The second kappa shape index (κ2) is 6.20. The molecule has 1 rings (SSSR count). The Labute approximate surface area is 106 Å². The van der Waals surface area contributed by atoms with Gasteiger partial charge in [0.15, 0.2) is 0 Å². The van der Waals surface area contributed by atoms with Crippen LogP contribution in [-0.2, 0) is 13.6 Å². The average Bonchev–Trinajstić information content (AvgIpc) is 2.48. The van der Waals surface area contributed by atoms with Crippen molar-refractivity contribution in [2.24, 2.45) is 13.0 Å². The summed E-state index contributed by atoms with van der Waals surface area (Å²) in [5, 5.41) is 8.04. The van der Waals surface area contributed by atoms with Crippen LogP contribution >= 0.6 is 0 Å². The quantitative estimate of drug-likeness (QED) is 0.824. The van der Waals surface area contributed by atoms with Crippen molar-refractivity contribution >= 4 is 0 Å². The lowest BCUT2D eigenvalue weighted by molar-refractivity contribution is 0.450. The van der Waals surface area contributed by atoms with Gasteiger partial charge in [0, 0.05) is 30.9 Å². The van der Waals surface area contributed by atoms with E-state index in [1.807, 2.05) is 11.7 Å². The number of aromatic nitrogens is 2. The molecule has 3 nitrogen and oxygen atoms in total. The van der Waals surface area contributed by atoms with Crippen molar-refractivity contribution in [2.75, 3.05) is 0 Å². The second-order valence-corrected chi connectivity index (χ2v) is 5.53. The highest BCUT2D eigenvalue weighted by Crippen LogP contribution is 2.12. The Balaban J connectivity index is 2.44. The Hall–Kier alpha value is -0.830. The molecule has 0 radical (unpaired) electrons. The van der Waals surface area contributed by atoms with Crippen LogP contribution < -0.4 is 5.32 Å². The van der Waals surface area contributed by atoms with Gasteiger partial charge in [-0.3, -0.25) is 4.68 Å². The van der Waals surface area contributed by atoms with Crippen molar-refractivity contribution < 1.29 is 0 Å². The zero-order valence-electron chi connectivity index (χ0n) is 12.2. The molecule has 3 heteroatoms. The fraction of sp³-hybridized carbons (Fsp3) is 0.786.